The van der Waals surface area contributed by atoms with Gasteiger partial charge in [0.15, 0.2) is 0 Å². The molecule has 0 bridgehead atoms. The zero-order valence-corrected chi connectivity index (χ0v) is 12.4. The second-order valence-corrected chi connectivity index (χ2v) is 5.22. The maximum atomic E-state index is 12.3. The zero-order valence-electron chi connectivity index (χ0n) is 12.4. The molecule has 5 heteroatoms. The summed E-state index contributed by atoms with van der Waals surface area (Å²) < 4.78 is 0. The van der Waals surface area contributed by atoms with Crippen molar-refractivity contribution >= 4 is 11.9 Å². The molecule has 110 valence electrons. The minimum Gasteiger partial charge on any atom is -0.351 e. The third kappa shape index (κ3) is 3.68. The van der Waals surface area contributed by atoms with Crippen LogP contribution in [-0.4, -0.2) is 39.9 Å². The molecule has 0 unspecified atom stereocenters. The summed E-state index contributed by atoms with van der Waals surface area (Å²) in [5.41, 5.74) is 0.474. The van der Waals surface area contributed by atoms with E-state index in [9.17, 15) is 4.79 Å². The van der Waals surface area contributed by atoms with Crippen LogP contribution in [-0.2, 0) is 0 Å². The number of anilines is 1. The molecule has 1 aliphatic rings. The lowest BCUT2D eigenvalue weighted by Crippen LogP contribution is -2.31. The van der Waals surface area contributed by atoms with Gasteiger partial charge in [0.1, 0.15) is 5.69 Å². The summed E-state index contributed by atoms with van der Waals surface area (Å²) in [5, 5.41) is 3.36. The van der Waals surface area contributed by atoms with Crippen LogP contribution in [0.25, 0.3) is 0 Å². The SMILES string of the molecule is CCN(CC)C(=O)c1ccnc(NC2CCCCC2)n1. The molecule has 1 aliphatic carbocycles. The molecule has 0 aromatic carbocycles. The first-order chi connectivity index (χ1) is 9.74. The van der Waals surface area contributed by atoms with Crippen molar-refractivity contribution in [3.05, 3.63) is 18.0 Å². The lowest BCUT2D eigenvalue weighted by molar-refractivity contribution is 0.0767. The third-order valence-corrected chi connectivity index (χ3v) is 3.86. The smallest absolute Gasteiger partial charge is 0.272 e. The van der Waals surface area contributed by atoms with Crippen molar-refractivity contribution in [1.82, 2.24) is 14.9 Å². The van der Waals surface area contributed by atoms with Crippen LogP contribution in [0.1, 0.15) is 56.4 Å². The van der Waals surface area contributed by atoms with Crippen LogP contribution in [0.3, 0.4) is 0 Å². The van der Waals surface area contributed by atoms with Gasteiger partial charge in [0.05, 0.1) is 0 Å². The van der Waals surface area contributed by atoms with Gasteiger partial charge in [-0.1, -0.05) is 19.3 Å². The monoisotopic (exact) mass is 276 g/mol. The predicted octanol–water partition coefficient (Wildman–Crippen LogP) is 2.70. The van der Waals surface area contributed by atoms with E-state index in [0.717, 1.165) is 12.8 Å². The Bertz CT molecular complexity index is 439. The molecule has 5 nitrogen and oxygen atoms in total. The second-order valence-electron chi connectivity index (χ2n) is 5.22. The maximum Gasteiger partial charge on any atom is 0.272 e. The Balaban J connectivity index is 2.05. The molecule has 1 saturated carbocycles. The summed E-state index contributed by atoms with van der Waals surface area (Å²) in [6.07, 6.45) is 7.83. The summed E-state index contributed by atoms with van der Waals surface area (Å²) in [7, 11) is 0. The van der Waals surface area contributed by atoms with E-state index >= 15 is 0 Å². The van der Waals surface area contributed by atoms with Crippen LogP contribution >= 0.6 is 0 Å². The number of carbonyl (C=O) groups excluding carboxylic acids is 1. The van der Waals surface area contributed by atoms with E-state index in [1.54, 1.807) is 17.2 Å². The van der Waals surface area contributed by atoms with E-state index in [-0.39, 0.29) is 5.91 Å². The molecule has 0 radical (unpaired) electrons. The quantitative estimate of drug-likeness (QED) is 0.898. The number of carbonyl (C=O) groups is 1. The Morgan fingerprint density at radius 1 is 1.30 bits per heavy atom. The molecule has 1 heterocycles. The van der Waals surface area contributed by atoms with Crippen LogP contribution in [0.5, 0.6) is 0 Å². The van der Waals surface area contributed by atoms with Crippen LogP contribution in [0.15, 0.2) is 12.3 Å². The summed E-state index contributed by atoms with van der Waals surface area (Å²) in [5.74, 6) is 0.555. The van der Waals surface area contributed by atoms with E-state index in [4.69, 9.17) is 0 Å². The molecule has 1 aromatic heterocycles. The molecule has 1 fully saturated rings. The van der Waals surface area contributed by atoms with Gasteiger partial charge in [-0.25, -0.2) is 9.97 Å². The first kappa shape index (κ1) is 14.8. The highest BCUT2D eigenvalue weighted by atomic mass is 16.2. The Labute approximate surface area is 120 Å². The predicted molar refractivity (Wildman–Crippen MR) is 79.8 cm³/mol. The fourth-order valence-corrected chi connectivity index (χ4v) is 2.65. The van der Waals surface area contributed by atoms with Crippen molar-refractivity contribution < 1.29 is 4.79 Å². The molecule has 0 atom stereocenters. The third-order valence-electron chi connectivity index (χ3n) is 3.86. The van der Waals surface area contributed by atoms with Gasteiger partial charge in [-0.05, 0) is 32.8 Å². The highest BCUT2D eigenvalue weighted by Crippen LogP contribution is 2.20. The van der Waals surface area contributed by atoms with Crippen LogP contribution in [0, 0.1) is 0 Å². The minimum atomic E-state index is -0.0240. The van der Waals surface area contributed by atoms with E-state index in [2.05, 4.69) is 15.3 Å². The van der Waals surface area contributed by atoms with Gasteiger partial charge in [0.25, 0.3) is 5.91 Å². The molecule has 20 heavy (non-hydrogen) atoms. The Morgan fingerprint density at radius 3 is 2.65 bits per heavy atom. The number of aromatic nitrogens is 2. The standard InChI is InChI=1S/C15H24N4O/c1-3-19(4-2)14(20)13-10-11-16-15(18-13)17-12-8-6-5-7-9-12/h10-12H,3-9H2,1-2H3,(H,16,17,18). The number of nitrogens with zero attached hydrogens (tertiary/aromatic N) is 3. The van der Waals surface area contributed by atoms with Crippen LogP contribution in [0.2, 0.25) is 0 Å². The molecule has 0 aliphatic heterocycles. The molecule has 1 N–H and O–H groups in total. The van der Waals surface area contributed by atoms with Gasteiger partial charge in [0.2, 0.25) is 5.95 Å². The highest BCUT2D eigenvalue weighted by Gasteiger charge is 2.17. The first-order valence-electron chi connectivity index (χ1n) is 7.63. The highest BCUT2D eigenvalue weighted by molar-refractivity contribution is 5.92. The number of hydrogen-bond acceptors (Lipinski definition) is 4. The summed E-state index contributed by atoms with van der Waals surface area (Å²) in [4.78, 5) is 22.6. The Kier molecular flexibility index (Phi) is 5.32. The molecular weight excluding hydrogens is 252 g/mol. The molecule has 0 spiro atoms. The van der Waals surface area contributed by atoms with Gasteiger partial charge >= 0.3 is 0 Å². The molecule has 1 aromatic rings. The van der Waals surface area contributed by atoms with Gasteiger partial charge in [-0.15, -0.1) is 0 Å². The lowest BCUT2D eigenvalue weighted by atomic mass is 9.96. The largest absolute Gasteiger partial charge is 0.351 e. The summed E-state index contributed by atoms with van der Waals surface area (Å²) >= 11 is 0. The van der Waals surface area contributed by atoms with Gasteiger partial charge in [0, 0.05) is 25.3 Å². The maximum absolute atomic E-state index is 12.3. The van der Waals surface area contributed by atoms with Gasteiger partial charge < -0.3 is 10.2 Å². The van der Waals surface area contributed by atoms with Crippen molar-refractivity contribution in [2.45, 2.75) is 52.0 Å². The number of rotatable bonds is 5. The number of hydrogen-bond donors (Lipinski definition) is 1. The second kappa shape index (κ2) is 7.22. The average molecular weight is 276 g/mol. The topological polar surface area (TPSA) is 58.1 Å². The number of amides is 1. The normalized spacial score (nSPS) is 15.9. The fourth-order valence-electron chi connectivity index (χ4n) is 2.65. The van der Waals surface area contributed by atoms with E-state index in [1.807, 2.05) is 13.8 Å². The van der Waals surface area contributed by atoms with Crippen LogP contribution in [0.4, 0.5) is 5.95 Å². The van der Waals surface area contributed by atoms with Crippen molar-refractivity contribution in [3.8, 4) is 0 Å². The van der Waals surface area contributed by atoms with Crippen molar-refractivity contribution in [1.29, 1.82) is 0 Å². The van der Waals surface area contributed by atoms with Crippen molar-refractivity contribution in [3.63, 3.8) is 0 Å². The van der Waals surface area contributed by atoms with E-state index < -0.39 is 0 Å². The van der Waals surface area contributed by atoms with E-state index in [0.29, 0.717) is 30.8 Å². The van der Waals surface area contributed by atoms with Gasteiger partial charge in [-0.2, -0.15) is 0 Å². The first-order valence-corrected chi connectivity index (χ1v) is 7.63. The molecule has 1 amide bonds. The summed E-state index contributed by atoms with van der Waals surface area (Å²) in [6, 6.07) is 2.13. The lowest BCUT2D eigenvalue weighted by Gasteiger charge is -2.23. The number of nitrogens with one attached hydrogen (secondary N) is 1. The summed E-state index contributed by atoms with van der Waals surface area (Å²) in [6.45, 7) is 5.35. The van der Waals surface area contributed by atoms with E-state index in [1.165, 1.54) is 19.3 Å². The Hall–Kier alpha value is -1.65. The van der Waals surface area contributed by atoms with Crippen LogP contribution < -0.4 is 5.32 Å². The molecule has 0 saturated heterocycles. The molecular formula is C15H24N4O. The average Bonchev–Trinajstić information content (AvgIpc) is 2.49. The minimum absolute atomic E-state index is 0.0240. The molecule has 2 rings (SSSR count). The fraction of sp³-hybridized carbons (Fsp3) is 0.667. The zero-order chi connectivity index (χ0) is 14.4. The van der Waals surface area contributed by atoms with Gasteiger partial charge in [-0.3, -0.25) is 4.79 Å². The Morgan fingerprint density at radius 2 is 2.00 bits per heavy atom. The van der Waals surface area contributed by atoms with Crippen molar-refractivity contribution in [2.24, 2.45) is 0 Å². The van der Waals surface area contributed by atoms with Crippen molar-refractivity contribution in [2.75, 3.05) is 18.4 Å².